The third-order valence-corrected chi connectivity index (χ3v) is 7.09. The number of nitrogens with zero attached hydrogens (tertiary/aromatic N) is 5. The quantitative estimate of drug-likeness (QED) is 0.607. The maximum absolute atomic E-state index is 13.5. The van der Waals surface area contributed by atoms with Crippen molar-refractivity contribution in [3.05, 3.63) is 53.6 Å². The second kappa shape index (κ2) is 11.6. The van der Waals surface area contributed by atoms with Crippen LogP contribution in [0.2, 0.25) is 0 Å². The molecule has 3 heterocycles. The number of amides is 2. The molecule has 2 amide bonds. The molecule has 0 bridgehead atoms. The van der Waals surface area contributed by atoms with Crippen LogP contribution in [0.3, 0.4) is 0 Å². The van der Waals surface area contributed by atoms with Crippen molar-refractivity contribution in [2.24, 2.45) is 5.92 Å². The lowest BCUT2D eigenvalue weighted by molar-refractivity contribution is 0.0373. The largest absolute Gasteiger partial charge is 0.492 e. The van der Waals surface area contributed by atoms with Crippen LogP contribution >= 0.6 is 0 Å². The van der Waals surface area contributed by atoms with Crippen molar-refractivity contribution < 1.29 is 14.3 Å². The van der Waals surface area contributed by atoms with E-state index in [1.54, 1.807) is 12.4 Å². The summed E-state index contributed by atoms with van der Waals surface area (Å²) in [5.41, 5.74) is 1.91. The first kappa shape index (κ1) is 25.1. The average Bonchev–Trinajstić information content (AvgIpc) is 2.89. The van der Waals surface area contributed by atoms with E-state index in [4.69, 9.17) is 4.74 Å². The van der Waals surface area contributed by atoms with Crippen molar-refractivity contribution in [2.45, 2.75) is 45.1 Å². The average molecular weight is 480 g/mol. The Morgan fingerprint density at radius 3 is 2.37 bits per heavy atom. The molecule has 188 valence electrons. The number of rotatable bonds is 7. The molecular formula is C27H37N5O3. The Hall–Kier alpha value is -3.00. The highest BCUT2D eigenvalue weighted by Crippen LogP contribution is 2.32. The summed E-state index contributed by atoms with van der Waals surface area (Å²) < 4.78 is 5.77. The van der Waals surface area contributed by atoms with Crippen LogP contribution in [-0.2, 0) is 0 Å². The van der Waals surface area contributed by atoms with Crippen molar-refractivity contribution in [2.75, 3.05) is 46.9 Å². The molecule has 0 aliphatic carbocycles. The van der Waals surface area contributed by atoms with Gasteiger partial charge in [-0.15, -0.1) is 0 Å². The summed E-state index contributed by atoms with van der Waals surface area (Å²) in [5.74, 6) is 1.23. The number of hydrogen-bond acceptors (Lipinski definition) is 6. The summed E-state index contributed by atoms with van der Waals surface area (Å²) in [6, 6.07) is 7.76. The number of piperidine rings is 2. The summed E-state index contributed by atoms with van der Waals surface area (Å²) in [5, 5.41) is 0. The highest BCUT2D eigenvalue weighted by molar-refractivity contribution is 5.94. The molecule has 4 rings (SSSR count). The fourth-order valence-electron chi connectivity index (χ4n) is 5.06. The first-order valence-corrected chi connectivity index (χ1v) is 12.7. The van der Waals surface area contributed by atoms with Crippen LogP contribution < -0.4 is 4.74 Å². The van der Waals surface area contributed by atoms with Crippen LogP contribution in [-0.4, -0.2) is 89.4 Å². The van der Waals surface area contributed by atoms with E-state index in [2.05, 4.69) is 19.8 Å². The maximum Gasteiger partial charge on any atom is 0.274 e. The van der Waals surface area contributed by atoms with Crippen molar-refractivity contribution in [1.29, 1.82) is 0 Å². The molecule has 2 saturated heterocycles. The number of aromatic nitrogens is 2. The molecule has 0 unspecified atom stereocenters. The highest BCUT2D eigenvalue weighted by atomic mass is 16.5. The number of aryl methyl sites for hydroxylation is 1. The Balaban J connectivity index is 1.35. The van der Waals surface area contributed by atoms with Gasteiger partial charge in [0.05, 0.1) is 11.9 Å². The Labute approximate surface area is 208 Å². The molecule has 2 aromatic rings. The molecule has 0 radical (unpaired) electrons. The molecule has 8 heteroatoms. The van der Waals surface area contributed by atoms with E-state index in [-0.39, 0.29) is 17.9 Å². The van der Waals surface area contributed by atoms with Gasteiger partial charge in [-0.05, 0) is 83.3 Å². The van der Waals surface area contributed by atoms with Gasteiger partial charge < -0.3 is 19.4 Å². The number of hydrogen-bond donors (Lipinski definition) is 0. The molecule has 1 aromatic carbocycles. The van der Waals surface area contributed by atoms with Gasteiger partial charge >= 0.3 is 0 Å². The van der Waals surface area contributed by atoms with Crippen molar-refractivity contribution in [1.82, 2.24) is 24.7 Å². The molecule has 0 saturated carbocycles. The second-order valence-electron chi connectivity index (χ2n) is 9.91. The SMILES string of the molecule is Cc1cnc(C(=O)N2CCC([C@H]3CCCCN3C(=O)c3ccc(OCCN(C)C)cc3)CC2)cn1. The number of carbonyl (C=O) groups excluding carboxylic acids is 2. The van der Waals surface area contributed by atoms with E-state index in [1.807, 2.05) is 50.2 Å². The topological polar surface area (TPSA) is 78.9 Å². The van der Waals surface area contributed by atoms with Crippen LogP contribution in [0.15, 0.2) is 36.7 Å². The predicted octanol–water partition coefficient (Wildman–Crippen LogP) is 3.27. The van der Waals surface area contributed by atoms with Gasteiger partial charge in [0.2, 0.25) is 0 Å². The van der Waals surface area contributed by atoms with Crippen molar-refractivity contribution in [3.63, 3.8) is 0 Å². The number of carbonyl (C=O) groups is 2. The molecule has 0 spiro atoms. The lowest BCUT2D eigenvalue weighted by atomic mass is 9.83. The standard InChI is InChI=1S/C27H37N5O3/c1-20-18-29-24(19-28-20)27(34)31-14-11-21(12-15-31)25-6-4-5-13-32(25)26(33)22-7-9-23(10-8-22)35-17-16-30(2)3/h7-10,18-19,21,25H,4-6,11-17H2,1-3H3/t25-/m1/s1. The summed E-state index contributed by atoms with van der Waals surface area (Å²) >= 11 is 0. The maximum atomic E-state index is 13.5. The Morgan fingerprint density at radius 1 is 0.971 bits per heavy atom. The minimum Gasteiger partial charge on any atom is -0.492 e. The van der Waals surface area contributed by atoms with Gasteiger partial charge in [-0.3, -0.25) is 14.6 Å². The van der Waals surface area contributed by atoms with E-state index in [0.29, 0.717) is 36.9 Å². The van der Waals surface area contributed by atoms with Crippen LogP contribution in [0, 0.1) is 12.8 Å². The Kier molecular flexibility index (Phi) is 8.33. The van der Waals surface area contributed by atoms with Crippen molar-refractivity contribution in [3.8, 4) is 5.75 Å². The third kappa shape index (κ3) is 6.36. The lowest BCUT2D eigenvalue weighted by Gasteiger charge is -2.43. The van der Waals surface area contributed by atoms with Gasteiger partial charge in [0.15, 0.2) is 0 Å². The third-order valence-electron chi connectivity index (χ3n) is 7.09. The number of likely N-dealkylation sites (tertiary alicyclic amines) is 2. The molecule has 2 fully saturated rings. The summed E-state index contributed by atoms with van der Waals surface area (Å²) in [7, 11) is 4.03. The zero-order valence-electron chi connectivity index (χ0n) is 21.2. The molecule has 0 N–H and O–H groups in total. The number of benzene rings is 1. The Morgan fingerprint density at radius 2 is 1.71 bits per heavy atom. The first-order chi connectivity index (χ1) is 16.9. The van der Waals surface area contributed by atoms with E-state index in [9.17, 15) is 9.59 Å². The molecule has 35 heavy (non-hydrogen) atoms. The normalized spacial score (nSPS) is 19.1. The smallest absolute Gasteiger partial charge is 0.274 e. The minimum atomic E-state index is -0.0552. The van der Waals surface area contributed by atoms with Crippen LogP contribution in [0.1, 0.15) is 58.6 Å². The van der Waals surface area contributed by atoms with Crippen molar-refractivity contribution >= 4 is 11.8 Å². The van der Waals surface area contributed by atoms with E-state index < -0.39 is 0 Å². The molecule has 1 atom stereocenters. The number of likely N-dealkylation sites (N-methyl/N-ethyl adjacent to an activating group) is 1. The lowest BCUT2D eigenvalue weighted by Crippen LogP contribution is -2.51. The van der Waals surface area contributed by atoms with E-state index >= 15 is 0 Å². The Bertz CT molecular complexity index is 985. The molecule has 2 aliphatic rings. The van der Waals surface area contributed by atoms with Crippen LogP contribution in [0.5, 0.6) is 5.75 Å². The van der Waals surface area contributed by atoms with E-state index in [1.165, 1.54) is 0 Å². The van der Waals surface area contributed by atoms with E-state index in [0.717, 1.165) is 56.6 Å². The summed E-state index contributed by atoms with van der Waals surface area (Å²) in [6.45, 7) is 5.50. The monoisotopic (exact) mass is 479 g/mol. The van der Waals surface area contributed by atoms with Gasteiger partial charge in [-0.25, -0.2) is 4.98 Å². The first-order valence-electron chi connectivity index (χ1n) is 12.7. The second-order valence-corrected chi connectivity index (χ2v) is 9.91. The molecular weight excluding hydrogens is 442 g/mol. The molecule has 2 aliphatic heterocycles. The minimum absolute atomic E-state index is 0.0552. The van der Waals surface area contributed by atoms with Gasteiger partial charge in [-0.2, -0.15) is 0 Å². The van der Waals surface area contributed by atoms with Crippen LogP contribution in [0.25, 0.3) is 0 Å². The highest BCUT2D eigenvalue weighted by Gasteiger charge is 2.36. The summed E-state index contributed by atoms with van der Waals surface area (Å²) in [6.07, 6.45) is 8.20. The van der Waals surface area contributed by atoms with Gasteiger partial charge in [0.25, 0.3) is 11.8 Å². The fourth-order valence-corrected chi connectivity index (χ4v) is 5.06. The molecule has 8 nitrogen and oxygen atoms in total. The molecule has 1 aromatic heterocycles. The van der Waals surface area contributed by atoms with Gasteiger partial charge in [0.1, 0.15) is 18.1 Å². The zero-order valence-corrected chi connectivity index (χ0v) is 21.2. The van der Waals surface area contributed by atoms with Gasteiger partial charge in [-0.1, -0.05) is 0 Å². The number of ether oxygens (including phenoxy) is 1. The van der Waals surface area contributed by atoms with Gasteiger partial charge in [0, 0.05) is 44.0 Å². The van der Waals surface area contributed by atoms with Crippen LogP contribution in [0.4, 0.5) is 0 Å². The fraction of sp³-hybridized carbons (Fsp3) is 0.556. The predicted molar refractivity (Wildman–Crippen MR) is 135 cm³/mol. The summed E-state index contributed by atoms with van der Waals surface area (Å²) in [4.78, 5) is 40.8. The zero-order chi connectivity index (χ0) is 24.8.